The molecule has 2 aromatic carbocycles. The van der Waals surface area contributed by atoms with Crippen molar-refractivity contribution in [3.8, 4) is 0 Å². The molecule has 1 heterocycles. The summed E-state index contributed by atoms with van der Waals surface area (Å²) >= 11 is 12.0. The molecule has 2 amide bonds. The van der Waals surface area contributed by atoms with Gasteiger partial charge in [-0.25, -0.2) is 0 Å². The highest BCUT2D eigenvalue weighted by Crippen LogP contribution is 2.29. The molecule has 1 fully saturated rings. The number of halogens is 2. The number of carbonyl (C=O) groups excluding carboxylic acids is 3. The van der Waals surface area contributed by atoms with Crippen LogP contribution in [-0.4, -0.2) is 24.1 Å². The highest BCUT2D eigenvalue weighted by molar-refractivity contribution is 6.35. The van der Waals surface area contributed by atoms with Gasteiger partial charge in [0.25, 0.3) is 0 Å². The highest BCUT2D eigenvalue weighted by Gasteiger charge is 2.35. The fraction of sp³-hybridized carbons (Fsp3) is 0.211. The Morgan fingerprint density at radius 2 is 1.92 bits per heavy atom. The van der Waals surface area contributed by atoms with Crippen molar-refractivity contribution in [3.05, 3.63) is 58.1 Å². The Labute approximate surface area is 160 Å². The van der Waals surface area contributed by atoms with Crippen molar-refractivity contribution in [1.82, 2.24) is 0 Å². The number of benzene rings is 2. The van der Waals surface area contributed by atoms with Crippen LogP contribution in [0, 0.1) is 5.92 Å². The zero-order valence-electron chi connectivity index (χ0n) is 14.0. The summed E-state index contributed by atoms with van der Waals surface area (Å²) in [7, 11) is 0. The SMILES string of the molecule is CC(=O)c1cccc(N2CC(C(=O)Nc3cc(Cl)ccc3Cl)CC2=O)c1. The van der Waals surface area contributed by atoms with Crippen LogP contribution in [0.15, 0.2) is 42.5 Å². The van der Waals surface area contributed by atoms with Gasteiger partial charge in [0.2, 0.25) is 11.8 Å². The first-order chi connectivity index (χ1) is 12.3. The molecule has 26 heavy (non-hydrogen) atoms. The zero-order chi connectivity index (χ0) is 18.8. The number of anilines is 2. The van der Waals surface area contributed by atoms with Gasteiger partial charge in [0.15, 0.2) is 5.78 Å². The Morgan fingerprint density at radius 1 is 1.15 bits per heavy atom. The second-order valence-corrected chi connectivity index (χ2v) is 6.97. The largest absolute Gasteiger partial charge is 0.324 e. The van der Waals surface area contributed by atoms with Gasteiger partial charge in [-0.1, -0.05) is 35.3 Å². The maximum atomic E-state index is 12.5. The van der Waals surface area contributed by atoms with Crippen LogP contribution in [0.5, 0.6) is 0 Å². The molecule has 1 aliphatic heterocycles. The van der Waals surface area contributed by atoms with Gasteiger partial charge in [-0.2, -0.15) is 0 Å². The number of Topliss-reactive ketones (excluding diaryl/α,β-unsaturated/α-hetero) is 1. The quantitative estimate of drug-likeness (QED) is 0.795. The molecule has 0 spiro atoms. The summed E-state index contributed by atoms with van der Waals surface area (Å²) in [5, 5.41) is 3.55. The number of carbonyl (C=O) groups is 3. The summed E-state index contributed by atoms with van der Waals surface area (Å²) in [5.74, 6) is -1.06. The first kappa shape index (κ1) is 18.4. The van der Waals surface area contributed by atoms with Crippen LogP contribution >= 0.6 is 23.2 Å². The number of hydrogen-bond donors (Lipinski definition) is 1. The molecule has 0 saturated carbocycles. The predicted molar refractivity (Wildman–Crippen MR) is 102 cm³/mol. The maximum absolute atomic E-state index is 12.5. The Balaban J connectivity index is 1.75. The number of ketones is 1. The molecule has 7 heteroatoms. The first-order valence-electron chi connectivity index (χ1n) is 8.02. The molecule has 0 aromatic heterocycles. The van der Waals surface area contributed by atoms with Gasteiger partial charge in [-0.05, 0) is 37.3 Å². The number of nitrogens with one attached hydrogen (secondary N) is 1. The van der Waals surface area contributed by atoms with E-state index in [2.05, 4.69) is 5.32 Å². The first-order valence-corrected chi connectivity index (χ1v) is 8.78. The monoisotopic (exact) mass is 390 g/mol. The Bertz CT molecular complexity index is 898. The van der Waals surface area contributed by atoms with E-state index in [0.717, 1.165) is 0 Å². The van der Waals surface area contributed by atoms with Crippen molar-refractivity contribution in [2.75, 3.05) is 16.8 Å². The summed E-state index contributed by atoms with van der Waals surface area (Å²) in [6.07, 6.45) is 0.0916. The van der Waals surface area contributed by atoms with Crippen LogP contribution in [0.2, 0.25) is 10.0 Å². The predicted octanol–water partition coefficient (Wildman–Crippen LogP) is 4.19. The molecular formula is C19H16Cl2N2O3. The Kier molecular flexibility index (Phi) is 5.30. The van der Waals surface area contributed by atoms with E-state index < -0.39 is 5.92 Å². The molecule has 134 valence electrons. The van der Waals surface area contributed by atoms with E-state index in [1.807, 2.05) is 0 Å². The zero-order valence-corrected chi connectivity index (χ0v) is 15.5. The molecule has 0 aliphatic carbocycles. The van der Waals surface area contributed by atoms with Gasteiger partial charge in [-0.3, -0.25) is 14.4 Å². The third kappa shape index (κ3) is 3.89. The molecular weight excluding hydrogens is 375 g/mol. The summed E-state index contributed by atoms with van der Waals surface area (Å²) < 4.78 is 0. The minimum atomic E-state index is -0.515. The van der Waals surface area contributed by atoms with E-state index in [-0.39, 0.29) is 30.6 Å². The second kappa shape index (κ2) is 7.48. The van der Waals surface area contributed by atoms with E-state index in [4.69, 9.17) is 23.2 Å². The molecule has 1 aliphatic rings. The fourth-order valence-electron chi connectivity index (χ4n) is 2.85. The second-order valence-electron chi connectivity index (χ2n) is 6.13. The van der Waals surface area contributed by atoms with Crippen LogP contribution in [0.3, 0.4) is 0 Å². The van der Waals surface area contributed by atoms with Gasteiger partial charge >= 0.3 is 0 Å². The van der Waals surface area contributed by atoms with E-state index in [1.165, 1.54) is 11.8 Å². The number of nitrogens with zero attached hydrogens (tertiary/aromatic N) is 1. The Hall–Kier alpha value is -2.37. The molecule has 5 nitrogen and oxygen atoms in total. The number of rotatable bonds is 4. The third-order valence-electron chi connectivity index (χ3n) is 4.25. The molecule has 1 atom stereocenters. The smallest absolute Gasteiger partial charge is 0.229 e. The summed E-state index contributed by atoms with van der Waals surface area (Å²) in [4.78, 5) is 38.0. The minimum Gasteiger partial charge on any atom is -0.324 e. The van der Waals surface area contributed by atoms with Crippen LogP contribution in [0.25, 0.3) is 0 Å². The number of amides is 2. The van der Waals surface area contributed by atoms with Crippen molar-refractivity contribution in [2.24, 2.45) is 5.92 Å². The molecule has 1 saturated heterocycles. The van der Waals surface area contributed by atoms with Gasteiger partial charge in [0, 0.05) is 29.2 Å². The van der Waals surface area contributed by atoms with Crippen molar-refractivity contribution >= 4 is 52.2 Å². The van der Waals surface area contributed by atoms with Crippen molar-refractivity contribution in [2.45, 2.75) is 13.3 Å². The van der Waals surface area contributed by atoms with E-state index >= 15 is 0 Å². The fourth-order valence-corrected chi connectivity index (χ4v) is 3.19. The van der Waals surface area contributed by atoms with Crippen LogP contribution in [0.1, 0.15) is 23.7 Å². The molecule has 1 unspecified atom stereocenters. The summed E-state index contributed by atoms with van der Waals surface area (Å²) in [5.41, 5.74) is 1.54. The topological polar surface area (TPSA) is 66.5 Å². The lowest BCUT2D eigenvalue weighted by Crippen LogP contribution is -2.28. The highest BCUT2D eigenvalue weighted by atomic mass is 35.5. The van der Waals surface area contributed by atoms with E-state index in [9.17, 15) is 14.4 Å². The van der Waals surface area contributed by atoms with Crippen molar-refractivity contribution < 1.29 is 14.4 Å². The summed E-state index contributed by atoms with van der Waals surface area (Å²) in [6, 6.07) is 11.6. The summed E-state index contributed by atoms with van der Waals surface area (Å²) in [6.45, 7) is 1.71. The van der Waals surface area contributed by atoms with Crippen LogP contribution in [0.4, 0.5) is 11.4 Å². The van der Waals surface area contributed by atoms with Gasteiger partial charge in [-0.15, -0.1) is 0 Å². The van der Waals surface area contributed by atoms with Crippen LogP contribution < -0.4 is 10.2 Å². The average molecular weight is 391 g/mol. The van der Waals surface area contributed by atoms with Gasteiger partial charge < -0.3 is 10.2 Å². The Morgan fingerprint density at radius 3 is 2.65 bits per heavy atom. The van der Waals surface area contributed by atoms with Crippen molar-refractivity contribution in [1.29, 1.82) is 0 Å². The van der Waals surface area contributed by atoms with E-state index in [1.54, 1.807) is 42.5 Å². The lowest BCUT2D eigenvalue weighted by Gasteiger charge is -2.17. The van der Waals surface area contributed by atoms with Gasteiger partial charge in [0.05, 0.1) is 16.6 Å². The minimum absolute atomic E-state index is 0.0802. The third-order valence-corrected chi connectivity index (χ3v) is 4.81. The lowest BCUT2D eigenvalue weighted by atomic mass is 10.1. The molecule has 3 rings (SSSR count). The molecule has 0 radical (unpaired) electrons. The molecule has 1 N–H and O–H groups in total. The standard InChI is InChI=1S/C19H16Cl2N2O3/c1-11(24)12-3-2-4-15(7-12)23-10-13(8-18(23)25)19(26)22-17-9-14(20)5-6-16(17)21/h2-7,9,13H,8,10H2,1H3,(H,22,26). The van der Waals surface area contributed by atoms with Crippen molar-refractivity contribution in [3.63, 3.8) is 0 Å². The average Bonchev–Trinajstić information content (AvgIpc) is 3.00. The number of hydrogen-bond acceptors (Lipinski definition) is 3. The lowest BCUT2D eigenvalue weighted by molar-refractivity contribution is -0.122. The molecule has 0 bridgehead atoms. The van der Waals surface area contributed by atoms with E-state index in [0.29, 0.717) is 27.0 Å². The molecule has 2 aromatic rings. The maximum Gasteiger partial charge on any atom is 0.229 e. The van der Waals surface area contributed by atoms with Gasteiger partial charge in [0.1, 0.15) is 0 Å². The van der Waals surface area contributed by atoms with Crippen LogP contribution in [-0.2, 0) is 9.59 Å². The normalized spacial score (nSPS) is 16.7.